The first-order valence-corrected chi connectivity index (χ1v) is 7.65. The Morgan fingerprint density at radius 3 is 2.80 bits per heavy atom. The molecule has 1 atom stereocenters. The highest BCUT2D eigenvalue weighted by Crippen LogP contribution is 2.30. The molecule has 0 N–H and O–H groups in total. The quantitative estimate of drug-likeness (QED) is 0.797. The number of nitriles is 1. The SMILES string of the molecule is N#Cc1ccc(Cl)cc1N1CC(CS(=O)(=O)F)CC1=O. The average molecular weight is 317 g/mol. The monoisotopic (exact) mass is 316 g/mol. The highest BCUT2D eigenvalue weighted by molar-refractivity contribution is 7.86. The minimum atomic E-state index is -4.63. The van der Waals surface area contributed by atoms with E-state index in [1.807, 2.05) is 6.07 Å². The summed E-state index contributed by atoms with van der Waals surface area (Å²) in [5.74, 6) is -1.67. The van der Waals surface area contributed by atoms with Gasteiger partial charge in [-0.05, 0) is 18.2 Å². The fourth-order valence-electron chi connectivity index (χ4n) is 2.23. The van der Waals surface area contributed by atoms with E-state index in [-0.39, 0.29) is 24.4 Å². The Balaban J connectivity index is 2.29. The van der Waals surface area contributed by atoms with Gasteiger partial charge in [-0.1, -0.05) is 11.6 Å². The number of hydrogen-bond donors (Lipinski definition) is 0. The molecular formula is C12H10ClFN2O3S. The lowest BCUT2D eigenvalue weighted by Crippen LogP contribution is -2.26. The van der Waals surface area contributed by atoms with Crippen LogP contribution in [0.2, 0.25) is 5.02 Å². The van der Waals surface area contributed by atoms with Crippen molar-refractivity contribution in [3.63, 3.8) is 0 Å². The second-order valence-corrected chi connectivity index (χ2v) is 6.40. The van der Waals surface area contributed by atoms with Gasteiger partial charge >= 0.3 is 10.2 Å². The van der Waals surface area contributed by atoms with Crippen LogP contribution in [0.4, 0.5) is 9.57 Å². The zero-order valence-corrected chi connectivity index (χ0v) is 11.8. The molecule has 20 heavy (non-hydrogen) atoms. The van der Waals surface area contributed by atoms with Gasteiger partial charge in [-0.25, -0.2) is 0 Å². The molecule has 0 saturated carbocycles. The van der Waals surface area contributed by atoms with E-state index in [4.69, 9.17) is 16.9 Å². The van der Waals surface area contributed by atoms with Crippen LogP contribution >= 0.6 is 11.6 Å². The minimum absolute atomic E-state index is 0.0526. The van der Waals surface area contributed by atoms with E-state index in [1.54, 1.807) is 0 Å². The van der Waals surface area contributed by atoms with Crippen LogP contribution < -0.4 is 4.90 Å². The van der Waals surface area contributed by atoms with Crippen molar-refractivity contribution in [2.24, 2.45) is 5.92 Å². The second kappa shape index (κ2) is 5.38. The van der Waals surface area contributed by atoms with Gasteiger partial charge in [-0.2, -0.15) is 13.7 Å². The molecule has 1 fully saturated rings. The molecule has 1 aliphatic heterocycles. The maximum atomic E-state index is 12.7. The highest BCUT2D eigenvalue weighted by atomic mass is 35.5. The van der Waals surface area contributed by atoms with Crippen LogP contribution in [0.5, 0.6) is 0 Å². The van der Waals surface area contributed by atoms with Crippen molar-refractivity contribution in [2.45, 2.75) is 6.42 Å². The second-order valence-electron chi connectivity index (χ2n) is 4.55. The number of halogens is 2. The molecule has 0 bridgehead atoms. The van der Waals surface area contributed by atoms with Crippen LogP contribution in [0.3, 0.4) is 0 Å². The fraction of sp³-hybridized carbons (Fsp3) is 0.333. The molecule has 1 aromatic carbocycles. The lowest BCUT2D eigenvalue weighted by atomic mass is 10.1. The molecular weight excluding hydrogens is 307 g/mol. The lowest BCUT2D eigenvalue weighted by Gasteiger charge is -2.18. The molecule has 1 aliphatic rings. The van der Waals surface area contributed by atoms with Crippen molar-refractivity contribution in [3.05, 3.63) is 28.8 Å². The Hall–Kier alpha value is -1.65. The Morgan fingerprint density at radius 1 is 1.50 bits per heavy atom. The number of anilines is 1. The molecule has 0 radical (unpaired) electrons. The molecule has 1 heterocycles. The number of nitrogens with zero attached hydrogens (tertiary/aromatic N) is 2. The van der Waals surface area contributed by atoms with E-state index >= 15 is 0 Å². The summed E-state index contributed by atoms with van der Waals surface area (Å²) in [5.41, 5.74) is 0.579. The van der Waals surface area contributed by atoms with Crippen molar-refractivity contribution in [2.75, 3.05) is 17.2 Å². The molecule has 106 valence electrons. The predicted molar refractivity (Wildman–Crippen MR) is 71.5 cm³/mol. The van der Waals surface area contributed by atoms with Gasteiger partial charge in [0.2, 0.25) is 5.91 Å². The van der Waals surface area contributed by atoms with Gasteiger partial charge in [0.1, 0.15) is 6.07 Å². The van der Waals surface area contributed by atoms with Gasteiger partial charge in [0.05, 0.1) is 17.0 Å². The highest BCUT2D eigenvalue weighted by Gasteiger charge is 2.34. The number of carbonyl (C=O) groups is 1. The summed E-state index contributed by atoms with van der Waals surface area (Å²) in [4.78, 5) is 13.2. The van der Waals surface area contributed by atoms with Gasteiger partial charge in [0, 0.05) is 23.9 Å². The number of benzene rings is 1. The molecule has 0 spiro atoms. The molecule has 8 heteroatoms. The summed E-state index contributed by atoms with van der Waals surface area (Å²) in [6, 6.07) is 6.40. The summed E-state index contributed by atoms with van der Waals surface area (Å²) in [5, 5.41) is 9.38. The van der Waals surface area contributed by atoms with Crippen LogP contribution in [0.1, 0.15) is 12.0 Å². The standard InChI is InChI=1S/C12H10ClFN2O3S/c13-10-2-1-9(5-15)11(4-10)16-6-8(3-12(16)17)7-20(14,18)19/h1-2,4,8H,3,6-7H2. The number of hydrogen-bond acceptors (Lipinski definition) is 4. The van der Waals surface area contributed by atoms with E-state index in [2.05, 4.69) is 0 Å². The molecule has 0 aromatic heterocycles. The maximum absolute atomic E-state index is 12.7. The fourth-order valence-corrected chi connectivity index (χ4v) is 3.18. The molecule has 0 aliphatic carbocycles. The van der Waals surface area contributed by atoms with Crippen LogP contribution in [-0.2, 0) is 15.0 Å². The minimum Gasteiger partial charge on any atom is -0.311 e. The Labute approximate surface area is 120 Å². The summed E-state index contributed by atoms with van der Waals surface area (Å²) in [6.07, 6.45) is -0.0689. The van der Waals surface area contributed by atoms with Crippen LogP contribution in [0.15, 0.2) is 18.2 Å². The van der Waals surface area contributed by atoms with Crippen LogP contribution in [0.25, 0.3) is 0 Å². The molecule has 5 nitrogen and oxygen atoms in total. The zero-order chi connectivity index (χ0) is 14.9. The summed E-state index contributed by atoms with van der Waals surface area (Å²) in [6.45, 7) is 0.0526. The number of rotatable bonds is 3. The van der Waals surface area contributed by atoms with Crippen molar-refractivity contribution in [1.82, 2.24) is 0 Å². The third-order valence-corrected chi connectivity index (χ3v) is 4.12. The largest absolute Gasteiger partial charge is 0.311 e. The Bertz CT molecular complexity index is 699. The van der Waals surface area contributed by atoms with Crippen molar-refractivity contribution in [1.29, 1.82) is 5.26 Å². The normalized spacial score (nSPS) is 19.1. The first-order chi connectivity index (χ1) is 9.30. The zero-order valence-electron chi connectivity index (χ0n) is 10.2. The molecule has 1 unspecified atom stereocenters. The summed E-state index contributed by atoms with van der Waals surface area (Å²) < 4.78 is 34.0. The van der Waals surface area contributed by atoms with Gasteiger partial charge in [-0.3, -0.25) is 4.79 Å². The third-order valence-electron chi connectivity index (χ3n) is 3.01. The van der Waals surface area contributed by atoms with E-state index < -0.39 is 21.9 Å². The molecule has 1 aromatic rings. The predicted octanol–water partition coefficient (Wildman–Crippen LogP) is 1.86. The van der Waals surface area contributed by atoms with E-state index in [0.29, 0.717) is 10.7 Å². The van der Waals surface area contributed by atoms with E-state index in [0.717, 1.165) is 0 Å². The smallest absolute Gasteiger partial charge is 0.302 e. The van der Waals surface area contributed by atoms with Crippen molar-refractivity contribution < 1.29 is 17.1 Å². The van der Waals surface area contributed by atoms with Gasteiger partial charge < -0.3 is 4.90 Å². The lowest BCUT2D eigenvalue weighted by molar-refractivity contribution is -0.117. The van der Waals surface area contributed by atoms with Crippen LogP contribution in [-0.4, -0.2) is 26.6 Å². The number of carbonyl (C=O) groups excluding carboxylic acids is 1. The molecule has 2 rings (SSSR count). The average Bonchev–Trinajstić information content (AvgIpc) is 2.67. The van der Waals surface area contributed by atoms with E-state index in [1.165, 1.54) is 23.1 Å². The van der Waals surface area contributed by atoms with Gasteiger partial charge in [0.25, 0.3) is 0 Å². The topological polar surface area (TPSA) is 78.2 Å². The molecule has 1 amide bonds. The summed E-state index contributed by atoms with van der Waals surface area (Å²) >= 11 is 5.84. The van der Waals surface area contributed by atoms with Crippen molar-refractivity contribution >= 4 is 33.4 Å². The Morgan fingerprint density at radius 2 is 2.20 bits per heavy atom. The van der Waals surface area contributed by atoms with Crippen molar-refractivity contribution in [3.8, 4) is 6.07 Å². The van der Waals surface area contributed by atoms with E-state index in [9.17, 15) is 17.1 Å². The summed E-state index contributed by atoms with van der Waals surface area (Å²) in [7, 11) is -4.63. The van der Waals surface area contributed by atoms with Gasteiger partial charge in [0.15, 0.2) is 0 Å². The third kappa shape index (κ3) is 3.26. The van der Waals surface area contributed by atoms with Gasteiger partial charge in [-0.15, -0.1) is 3.89 Å². The maximum Gasteiger partial charge on any atom is 0.302 e. The number of amides is 1. The first kappa shape index (κ1) is 14.8. The Kier molecular flexibility index (Phi) is 3.97. The molecule has 1 saturated heterocycles. The first-order valence-electron chi connectivity index (χ1n) is 5.72. The van der Waals surface area contributed by atoms with Crippen LogP contribution in [0, 0.1) is 17.2 Å².